The Bertz CT molecular complexity index is 983. The number of halogens is 2. The molecule has 35 heavy (non-hydrogen) atoms. The van der Waals surface area contributed by atoms with Gasteiger partial charge in [0.1, 0.15) is 17.7 Å². The summed E-state index contributed by atoms with van der Waals surface area (Å²) in [6.07, 6.45) is 1.51. The number of fused-ring (bicyclic) bond motifs is 1. The fourth-order valence-corrected chi connectivity index (χ4v) is 5.21. The van der Waals surface area contributed by atoms with Gasteiger partial charge in [-0.05, 0) is 74.0 Å². The van der Waals surface area contributed by atoms with Gasteiger partial charge in [0.15, 0.2) is 0 Å². The predicted octanol–water partition coefficient (Wildman–Crippen LogP) is 5.54. The number of hydrogen-bond acceptors (Lipinski definition) is 3. The minimum absolute atomic E-state index is 0.0968. The van der Waals surface area contributed by atoms with Gasteiger partial charge in [-0.15, -0.1) is 0 Å². The topological polar surface area (TPSA) is 44.8 Å². The van der Waals surface area contributed by atoms with Crippen molar-refractivity contribution < 1.29 is 18.3 Å². The van der Waals surface area contributed by atoms with Crippen LogP contribution >= 0.6 is 0 Å². The van der Waals surface area contributed by atoms with Gasteiger partial charge in [-0.2, -0.15) is 0 Å². The normalized spacial score (nSPS) is 24.3. The van der Waals surface area contributed by atoms with E-state index in [9.17, 15) is 9.18 Å². The molecular weight excluding hydrogens is 448 g/mol. The van der Waals surface area contributed by atoms with Crippen LogP contribution in [0.25, 0.3) is 0 Å². The van der Waals surface area contributed by atoms with Crippen molar-refractivity contribution in [3.63, 3.8) is 0 Å². The van der Waals surface area contributed by atoms with Crippen LogP contribution < -0.4 is 10.1 Å². The van der Waals surface area contributed by atoms with E-state index in [1.54, 1.807) is 17.0 Å². The summed E-state index contributed by atoms with van der Waals surface area (Å²) in [7, 11) is 0. The van der Waals surface area contributed by atoms with E-state index in [0.717, 1.165) is 36.3 Å². The minimum Gasteiger partial charge on any atom is -0.493 e. The molecule has 2 aromatic rings. The maximum Gasteiger partial charge on any atom is 0.318 e. The van der Waals surface area contributed by atoms with E-state index in [-0.39, 0.29) is 23.9 Å². The summed E-state index contributed by atoms with van der Waals surface area (Å²) in [5, 5.41) is 2.98. The molecule has 2 aliphatic heterocycles. The van der Waals surface area contributed by atoms with Crippen molar-refractivity contribution in [2.24, 2.45) is 5.92 Å². The number of urea groups is 1. The van der Waals surface area contributed by atoms with Crippen molar-refractivity contribution >= 4 is 6.03 Å². The van der Waals surface area contributed by atoms with Gasteiger partial charge >= 0.3 is 6.03 Å². The molecule has 0 saturated carbocycles. The van der Waals surface area contributed by atoms with Crippen LogP contribution in [0.1, 0.15) is 51.2 Å². The number of piperidine rings is 1. The number of carbonyl (C=O) groups is 1. The van der Waals surface area contributed by atoms with E-state index in [1.165, 1.54) is 12.1 Å². The van der Waals surface area contributed by atoms with E-state index in [2.05, 4.69) is 31.0 Å². The standard InChI is InChI=1S/C28H37F2N3O2/c1-20(2)19-35-24-11-7-21(8-12-24)16-31-27(34)33(17-22-5-9-23(29)10-6-22)26-15-28(3)13-4-14-32(28)18-25(26)30/h5-12,20,25-26H,4,13-19H2,1-3H3,(H,31,34)/t25-,26+,28+/m1/s1. The Morgan fingerprint density at radius 2 is 1.86 bits per heavy atom. The van der Waals surface area contributed by atoms with Crippen LogP contribution in [0.3, 0.4) is 0 Å². The number of rotatable bonds is 8. The summed E-state index contributed by atoms with van der Waals surface area (Å²) in [6.45, 7) is 8.83. The van der Waals surface area contributed by atoms with Crippen LogP contribution in [0.4, 0.5) is 13.6 Å². The maximum atomic E-state index is 15.4. The Labute approximate surface area is 207 Å². The van der Waals surface area contributed by atoms with Crippen molar-refractivity contribution in [3.8, 4) is 5.75 Å². The number of alkyl halides is 1. The molecule has 2 aromatic carbocycles. The molecule has 1 N–H and O–H groups in total. The number of nitrogens with zero attached hydrogens (tertiary/aromatic N) is 2. The summed E-state index contributed by atoms with van der Waals surface area (Å²) >= 11 is 0. The molecule has 2 amide bonds. The van der Waals surface area contributed by atoms with Gasteiger partial charge in [-0.3, -0.25) is 4.90 Å². The number of amides is 2. The molecule has 0 unspecified atom stereocenters. The van der Waals surface area contributed by atoms with Crippen LogP contribution in [0, 0.1) is 11.7 Å². The van der Waals surface area contributed by atoms with Crippen molar-refractivity contribution in [1.82, 2.24) is 15.1 Å². The van der Waals surface area contributed by atoms with Crippen molar-refractivity contribution in [3.05, 3.63) is 65.5 Å². The fraction of sp³-hybridized carbons (Fsp3) is 0.536. The summed E-state index contributed by atoms with van der Waals surface area (Å²) in [4.78, 5) is 17.2. The van der Waals surface area contributed by atoms with Gasteiger partial charge in [0.2, 0.25) is 0 Å². The first-order valence-electron chi connectivity index (χ1n) is 12.6. The summed E-state index contributed by atoms with van der Waals surface area (Å²) in [6, 6.07) is 12.9. The van der Waals surface area contributed by atoms with Crippen LogP contribution in [0.15, 0.2) is 48.5 Å². The molecule has 7 heteroatoms. The molecule has 0 radical (unpaired) electrons. The number of nitrogens with one attached hydrogen (secondary N) is 1. The zero-order valence-electron chi connectivity index (χ0n) is 21.0. The van der Waals surface area contributed by atoms with Gasteiger partial charge < -0.3 is 15.0 Å². The second-order valence-electron chi connectivity index (χ2n) is 10.6. The molecule has 0 spiro atoms. The summed E-state index contributed by atoms with van der Waals surface area (Å²) < 4.78 is 34.6. The largest absolute Gasteiger partial charge is 0.493 e. The fourth-order valence-electron chi connectivity index (χ4n) is 5.21. The molecule has 4 rings (SSSR count). The Morgan fingerprint density at radius 3 is 2.54 bits per heavy atom. The Morgan fingerprint density at radius 1 is 1.17 bits per heavy atom. The molecule has 0 aliphatic carbocycles. The highest BCUT2D eigenvalue weighted by Gasteiger charge is 2.48. The summed E-state index contributed by atoms with van der Waals surface area (Å²) in [5.74, 6) is 0.906. The Kier molecular flexibility index (Phi) is 7.95. The minimum atomic E-state index is -1.13. The first-order chi connectivity index (χ1) is 16.7. The van der Waals surface area contributed by atoms with Crippen LogP contribution in [-0.4, -0.2) is 53.3 Å². The van der Waals surface area contributed by atoms with E-state index < -0.39 is 12.2 Å². The molecule has 3 atom stereocenters. The highest BCUT2D eigenvalue weighted by Crippen LogP contribution is 2.40. The highest BCUT2D eigenvalue weighted by molar-refractivity contribution is 5.74. The first-order valence-corrected chi connectivity index (χ1v) is 12.6. The maximum absolute atomic E-state index is 15.4. The molecule has 0 aromatic heterocycles. The molecule has 0 bridgehead atoms. The van der Waals surface area contributed by atoms with Crippen molar-refractivity contribution in [1.29, 1.82) is 0 Å². The van der Waals surface area contributed by atoms with Crippen LogP contribution in [-0.2, 0) is 13.1 Å². The first kappa shape index (κ1) is 25.4. The van der Waals surface area contributed by atoms with Crippen molar-refractivity contribution in [2.75, 3.05) is 19.7 Å². The molecule has 2 aliphatic rings. The van der Waals surface area contributed by atoms with Gasteiger partial charge in [0, 0.05) is 25.2 Å². The second-order valence-corrected chi connectivity index (χ2v) is 10.6. The van der Waals surface area contributed by atoms with E-state index in [0.29, 0.717) is 32.0 Å². The van der Waals surface area contributed by atoms with Gasteiger partial charge in [-0.1, -0.05) is 38.1 Å². The average molecular weight is 486 g/mol. The lowest BCUT2D eigenvalue weighted by Gasteiger charge is -2.48. The Hall–Kier alpha value is -2.67. The van der Waals surface area contributed by atoms with Crippen molar-refractivity contribution in [2.45, 2.75) is 70.9 Å². The lowest BCUT2D eigenvalue weighted by Crippen LogP contribution is -2.61. The van der Waals surface area contributed by atoms with Crippen LogP contribution in [0.5, 0.6) is 5.75 Å². The van der Waals surface area contributed by atoms with Gasteiger partial charge in [0.25, 0.3) is 0 Å². The predicted molar refractivity (Wildman–Crippen MR) is 133 cm³/mol. The molecule has 190 valence electrons. The SMILES string of the molecule is CC(C)COc1ccc(CNC(=O)N(Cc2ccc(F)cc2)[C@H]2C[C@]3(C)CCCN3C[C@H]2F)cc1. The number of ether oxygens (including phenoxy) is 1. The van der Waals surface area contributed by atoms with Crippen LogP contribution in [0.2, 0.25) is 0 Å². The molecule has 2 fully saturated rings. The third-order valence-corrected chi connectivity index (χ3v) is 7.25. The zero-order chi connectivity index (χ0) is 25.0. The van der Waals surface area contributed by atoms with Gasteiger partial charge in [-0.25, -0.2) is 13.6 Å². The lowest BCUT2D eigenvalue weighted by atomic mass is 9.83. The van der Waals surface area contributed by atoms with E-state index in [1.807, 2.05) is 24.3 Å². The van der Waals surface area contributed by atoms with E-state index in [4.69, 9.17) is 4.74 Å². The number of carbonyl (C=O) groups excluding carboxylic acids is 1. The Balaban J connectivity index is 1.46. The molecule has 5 nitrogen and oxygen atoms in total. The molecular formula is C28H37F2N3O2. The van der Waals surface area contributed by atoms with Gasteiger partial charge in [0.05, 0.1) is 12.6 Å². The third-order valence-electron chi connectivity index (χ3n) is 7.25. The number of benzene rings is 2. The quantitative estimate of drug-likeness (QED) is 0.534. The van der Waals surface area contributed by atoms with E-state index >= 15 is 4.39 Å². The average Bonchev–Trinajstić information content (AvgIpc) is 3.21. The zero-order valence-corrected chi connectivity index (χ0v) is 21.0. The highest BCUT2D eigenvalue weighted by atomic mass is 19.1. The third kappa shape index (κ3) is 6.31. The molecule has 2 heterocycles. The smallest absolute Gasteiger partial charge is 0.318 e. The molecule has 2 saturated heterocycles. The summed E-state index contributed by atoms with van der Waals surface area (Å²) in [5.41, 5.74) is 1.62. The number of hydrogen-bond donors (Lipinski definition) is 1. The second kappa shape index (κ2) is 10.9. The lowest BCUT2D eigenvalue weighted by molar-refractivity contribution is -0.00937. The monoisotopic (exact) mass is 485 g/mol.